The second-order valence-electron chi connectivity index (χ2n) is 6.88. The van der Waals surface area contributed by atoms with Crippen LogP contribution >= 0.6 is 0 Å². The predicted molar refractivity (Wildman–Crippen MR) is 112 cm³/mol. The van der Waals surface area contributed by atoms with E-state index in [-0.39, 0.29) is 6.03 Å². The van der Waals surface area contributed by atoms with Crippen LogP contribution in [-0.2, 0) is 13.0 Å². The number of urea groups is 1. The molecular formula is C23H24N2O4. The molecule has 0 fully saturated rings. The maximum absolute atomic E-state index is 12.1. The Morgan fingerprint density at radius 1 is 0.897 bits per heavy atom. The zero-order valence-electron chi connectivity index (χ0n) is 16.4. The molecule has 6 heteroatoms. The van der Waals surface area contributed by atoms with Crippen molar-refractivity contribution in [1.82, 2.24) is 10.6 Å². The second kappa shape index (κ2) is 8.73. The molecule has 1 heterocycles. The highest BCUT2D eigenvalue weighted by molar-refractivity contribution is 5.84. The van der Waals surface area contributed by atoms with Gasteiger partial charge in [0.25, 0.3) is 0 Å². The Balaban J connectivity index is 1.25. The number of benzene rings is 3. The van der Waals surface area contributed by atoms with Crippen LogP contribution in [0.4, 0.5) is 4.79 Å². The SMILES string of the molecule is COc1ccc2cc(CNC(=O)NCCc3ccc4c(c3)OCCO4)ccc2c1. The van der Waals surface area contributed by atoms with Crippen molar-refractivity contribution in [3.8, 4) is 17.2 Å². The lowest BCUT2D eigenvalue weighted by Gasteiger charge is -2.18. The average molecular weight is 392 g/mol. The van der Waals surface area contributed by atoms with Crippen LogP contribution in [0.3, 0.4) is 0 Å². The quantitative estimate of drug-likeness (QED) is 0.672. The molecule has 0 aromatic heterocycles. The molecule has 0 aliphatic carbocycles. The first-order valence-electron chi connectivity index (χ1n) is 9.68. The average Bonchev–Trinajstić information content (AvgIpc) is 2.77. The summed E-state index contributed by atoms with van der Waals surface area (Å²) in [5.41, 5.74) is 2.14. The Morgan fingerprint density at radius 2 is 1.66 bits per heavy atom. The van der Waals surface area contributed by atoms with Gasteiger partial charge >= 0.3 is 6.03 Å². The standard InChI is InChI=1S/C23H24N2O4/c1-27-20-6-5-18-12-17(2-4-19(18)14-20)15-25-23(26)24-9-8-16-3-7-21-22(13-16)29-11-10-28-21/h2-7,12-14H,8-11,15H2,1H3,(H2,24,25,26). The molecule has 6 nitrogen and oxygen atoms in total. The van der Waals surface area contributed by atoms with Gasteiger partial charge in [0, 0.05) is 13.1 Å². The van der Waals surface area contributed by atoms with Crippen LogP contribution in [0.1, 0.15) is 11.1 Å². The molecule has 29 heavy (non-hydrogen) atoms. The summed E-state index contributed by atoms with van der Waals surface area (Å²) in [6.45, 7) is 2.17. The van der Waals surface area contributed by atoms with E-state index in [0.29, 0.717) is 26.3 Å². The van der Waals surface area contributed by atoms with Gasteiger partial charge in [0.2, 0.25) is 0 Å². The Kier molecular flexibility index (Phi) is 5.70. The molecule has 2 amide bonds. The number of rotatable bonds is 6. The van der Waals surface area contributed by atoms with Crippen molar-refractivity contribution in [3.05, 3.63) is 65.7 Å². The molecule has 4 rings (SSSR count). The molecule has 0 atom stereocenters. The van der Waals surface area contributed by atoms with E-state index in [2.05, 4.69) is 16.7 Å². The number of fused-ring (bicyclic) bond motifs is 2. The zero-order valence-corrected chi connectivity index (χ0v) is 16.4. The summed E-state index contributed by atoms with van der Waals surface area (Å²) >= 11 is 0. The lowest BCUT2D eigenvalue weighted by atomic mass is 10.1. The van der Waals surface area contributed by atoms with Crippen LogP contribution in [-0.4, -0.2) is 32.9 Å². The number of nitrogens with one attached hydrogen (secondary N) is 2. The summed E-state index contributed by atoms with van der Waals surface area (Å²) in [5, 5.41) is 8.02. The molecule has 0 spiro atoms. The number of hydrogen-bond acceptors (Lipinski definition) is 4. The van der Waals surface area contributed by atoms with Crippen LogP contribution < -0.4 is 24.8 Å². The molecule has 1 aliphatic heterocycles. The number of methoxy groups -OCH3 is 1. The van der Waals surface area contributed by atoms with Gasteiger partial charge in [0.05, 0.1) is 7.11 Å². The van der Waals surface area contributed by atoms with E-state index < -0.39 is 0 Å². The van der Waals surface area contributed by atoms with Crippen molar-refractivity contribution in [1.29, 1.82) is 0 Å². The summed E-state index contributed by atoms with van der Waals surface area (Å²) in [5.74, 6) is 2.38. The Morgan fingerprint density at radius 3 is 2.52 bits per heavy atom. The summed E-state index contributed by atoms with van der Waals surface area (Å²) in [6.07, 6.45) is 0.724. The minimum Gasteiger partial charge on any atom is -0.497 e. The van der Waals surface area contributed by atoms with Crippen LogP contribution in [0.2, 0.25) is 0 Å². The summed E-state index contributed by atoms with van der Waals surface area (Å²) in [4.78, 5) is 12.1. The fraction of sp³-hybridized carbons (Fsp3) is 0.261. The molecule has 3 aromatic carbocycles. The Bertz CT molecular complexity index is 1020. The van der Waals surface area contributed by atoms with Crippen LogP contribution in [0.15, 0.2) is 54.6 Å². The maximum atomic E-state index is 12.1. The third-order valence-corrected chi connectivity index (χ3v) is 4.87. The molecule has 0 saturated carbocycles. The second-order valence-corrected chi connectivity index (χ2v) is 6.88. The fourth-order valence-electron chi connectivity index (χ4n) is 3.32. The van der Waals surface area contributed by atoms with E-state index in [4.69, 9.17) is 14.2 Å². The zero-order chi connectivity index (χ0) is 20.1. The van der Waals surface area contributed by atoms with Crippen molar-refractivity contribution in [2.75, 3.05) is 26.9 Å². The third kappa shape index (κ3) is 4.71. The molecule has 2 N–H and O–H groups in total. The first kappa shape index (κ1) is 18.9. The number of ether oxygens (including phenoxy) is 3. The number of amides is 2. The summed E-state index contributed by atoms with van der Waals surface area (Å²) in [6, 6.07) is 17.8. The Hall–Kier alpha value is -3.41. The van der Waals surface area contributed by atoms with Crippen molar-refractivity contribution in [2.45, 2.75) is 13.0 Å². The molecule has 0 saturated heterocycles. The van der Waals surface area contributed by atoms with Gasteiger partial charge in [-0.2, -0.15) is 0 Å². The predicted octanol–water partition coefficient (Wildman–Crippen LogP) is 3.66. The monoisotopic (exact) mass is 392 g/mol. The Labute approximate surface area is 169 Å². The van der Waals surface area contributed by atoms with Crippen molar-refractivity contribution in [3.63, 3.8) is 0 Å². The van der Waals surface area contributed by atoms with Crippen LogP contribution in [0.25, 0.3) is 10.8 Å². The maximum Gasteiger partial charge on any atom is 0.315 e. The molecular weight excluding hydrogens is 368 g/mol. The molecule has 150 valence electrons. The highest BCUT2D eigenvalue weighted by Crippen LogP contribution is 2.30. The lowest BCUT2D eigenvalue weighted by molar-refractivity contribution is 0.171. The molecule has 1 aliphatic rings. The van der Waals surface area contributed by atoms with Gasteiger partial charge in [-0.1, -0.05) is 24.3 Å². The smallest absolute Gasteiger partial charge is 0.315 e. The van der Waals surface area contributed by atoms with E-state index in [0.717, 1.165) is 45.6 Å². The topological polar surface area (TPSA) is 68.8 Å². The van der Waals surface area contributed by atoms with Gasteiger partial charge in [-0.15, -0.1) is 0 Å². The first-order chi connectivity index (χ1) is 14.2. The lowest BCUT2D eigenvalue weighted by Crippen LogP contribution is -2.36. The van der Waals surface area contributed by atoms with E-state index in [1.165, 1.54) is 0 Å². The number of carbonyl (C=O) groups is 1. The summed E-state index contributed by atoms with van der Waals surface area (Å²) < 4.78 is 16.4. The van der Waals surface area contributed by atoms with Crippen molar-refractivity contribution < 1.29 is 19.0 Å². The molecule has 0 radical (unpaired) electrons. The van der Waals surface area contributed by atoms with Crippen LogP contribution in [0, 0.1) is 0 Å². The summed E-state index contributed by atoms with van der Waals surface area (Å²) in [7, 11) is 1.66. The molecule has 0 unspecified atom stereocenters. The minimum atomic E-state index is -0.183. The van der Waals surface area contributed by atoms with Gasteiger partial charge in [0.15, 0.2) is 11.5 Å². The van der Waals surface area contributed by atoms with Gasteiger partial charge in [-0.25, -0.2) is 4.79 Å². The van der Waals surface area contributed by atoms with E-state index in [9.17, 15) is 4.79 Å². The number of carbonyl (C=O) groups excluding carboxylic acids is 1. The van der Waals surface area contributed by atoms with E-state index in [1.54, 1.807) is 7.11 Å². The first-order valence-corrected chi connectivity index (χ1v) is 9.68. The van der Waals surface area contributed by atoms with Crippen molar-refractivity contribution >= 4 is 16.8 Å². The van der Waals surface area contributed by atoms with Crippen LogP contribution in [0.5, 0.6) is 17.2 Å². The van der Waals surface area contributed by atoms with Crippen molar-refractivity contribution in [2.24, 2.45) is 0 Å². The highest BCUT2D eigenvalue weighted by Gasteiger charge is 2.11. The van der Waals surface area contributed by atoms with Gasteiger partial charge < -0.3 is 24.8 Å². The third-order valence-electron chi connectivity index (χ3n) is 4.87. The molecule has 3 aromatic rings. The largest absolute Gasteiger partial charge is 0.497 e. The van der Waals surface area contributed by atoms with E-state index in [1.807, 2.05) is 48.5 Å². The van der Waals surface area contributed by atoms with Gasteiger partial charge in [-0.05, 0) is 58.7 Å². The molecule has 0 bridgehead atoms. The van der Waals surface area contributed by atoms with Gasteiger partial charge in [-0.3, -0.25) is 0 Å². The fourth-order valence-corrected chi connectivity index (χ4v) is 3.32. The van der Waals surface area contributed by atoms with Gasteiger partial charge in [0.1, 0.15) is 19.0 Å². The highest BCUT2D eigenvalue weighted by atomic mass is 16.6. The van der Waals surface area contributed by atoms with E-state index >= 15 is 0 Å². The minimum absolute atomic E-state index is 0.183. The number of hydrogen-bond donors (Lipinski definition) is 2. The normalized spacial score (nSPS) is 12.4.